The van der Waals surface area contributed by atoms with Crippen molar-refractivity contribution in [3.8, 4) is 0 Å². The quantitative estimate of drug-likeness (QED) is 0.595. The molecule has 0 atom stereocenters. The van der Waals surface area contributed by atoms with Crippen LogP contribution in [0, 0.1) is 0 Å². The number of carbonyl (C=O) groups excluding carboxylic acids is 1. The van der Waals surface area contributed by atoms with Crippen molar-refractivity contribution >= 4 is 17.3 Å². The first-order valence-corrected chi connectivity index (χ1v) is 4.24. The first kappa shape index (κ1) is 11.8. The Morgan fingerprint density at radius 2 is 1.93 bits per heavy atom. The Morgan fingerprint density at radius 1 is 1.33 bits per heavy atom. The first-order valence-electron chi connectivity index (χ1n) is 3.30. The molecule has 1 rings (SSSR count). The fourth-order valence-corrected chi connectivity index (χ4v) is 1.06. The average molecular weight is 247 g/mol. The van der Waals surface area contributed by atoms with Crippen LogP contribution in [0.2, 0.25) is 0 Å². The number of hydrogen-bond donors (Lipinski definition) is 0. The van der Waals surface area contributed by atoms with Crippen LogP contribution in [-0.2, 0) is 4.74 Å². The van der Waals surface area contributed by atoms with E-state index in [0.29, 0.717) is 0 Å². The van der Waals surface area contributed by atoms with Crippen molar-refractivity contribution in [1.29, 1.82) is 0 Å². The van der Waals surface area contributed by atoms with Crippen molar-refractivity contribution in [2.45, 2.75) is 12.3 Å². The van der Waals surface area contributed by atoms with Gasteiger partial charge in [-0.15, -0.1) is 11.3 Å². The Balaban J connectivity index is 2.75. The number of nitrogens with zero attached hydrogens (tertiary/aromatic N) is 1. The van der Waals surface area contributed by atoms with E-state index in [9.17, 15) is 26.7 Å². The molecule has 0 radical (unpaired) electrons. The maximum Gasteiger partial charge on any atom is 0.501 e. The van der Waals surface area contributed by atoms with Crippen LogP contribution >= 0.6 is 11.3 Å². The van der Waals surface area contributed by atoms with E-state index in [1.165, 1.54) is 0 Å². The van der Waals surface area contributed by atoms with Crippen molar-refractivity contribution in [2.75, 3.05) is 0 Å². The Labute approximate surface area is 83.5 Å². The molecule has 0 amide bonds. The molecule has 0 bridgehead atoms. The largest absolute Gasteiger partial charge is 0.501 e. The summed E-state index contributed by atoms with van der Waals surface area (Å²) >= 11 is 0.863. The second-order valence-electron chi connectivity index (χ2n) is 2.28. The minimum absolute atomic E-state index is 0.594. The summed E-state index contributed by atoms with van der Waals surface area (Å²) in [7, 11) is 0. The van der Waals surface area contributed by atoms with Crippen LogP contribution in [-0.4, -0.2) is 23.2 Å². The zero-order chi connectivity index (χ0) is 11.7. The number of aromatic nitrogens is 1. The predicted molar refractivity (Wildman–Crippen MR) is 38.5 cm³/mol. The fourth-order valence-electron chi connectivity index (χ4n) is 0.540. The van der Waals surface area contributed by atoms with Crippen LogP contribution in [0.5, 0.6) is 0 Å². The standard InChI is InChI=1S/C6H2F5NO2S/c7-5(8,9)6(10,11)14-4(13)3-1-15-2-12-3/h1-2H. The van der Waals surface area contributed by atoms with Crippen molar-refractivity contribution in [3.05, 3.63) is 16.6 Å². The highest BCUT2D eigenvalue weighted by Gasteiger charge is 2.62. The van der Waals surface area contributed by atoms with E-state index in [2.05, 4.69) is 9.72 Å². The Bertz CT molecular complexity index is 347. The number of thiazole rings is 1. The predicted octanol–water partition coefficient (Wildman–Crippen LogP) is 2.46. The minimum Gasteiger partial charge on any atom is -0.389 e. The maximum absolute atomic E-state index is 12.2. The topological polar surface area (TPSA) is 39.2 Å². The Morgan fingerprint density at radius 3 is 2.33 bits per heavy atom. The SMILES string of the molecule is O=C(OC(F)(F)C(F)(F)F)c1cscn1. The number of hydrogen-bond acceptors (Lipinski definition) is 4. The normalized spacial score (nSPS) is 12.6. The summed E-state index contributed by atoms with van der Waals surface area (Å²) in [6, 6.07) is 0. The summed E-state index contributed by atoms with van der Waals surface area (Å²) in [5.74, 6) is -1.82. The second kappa shape index (κ2) is 3.72. The number of esters is 1. The van der Waals surface area contributed by atoms with Crippen molar-refractivity contribution in [2.24, 2.45) is 0 Å². The third kappa shape index (κ3) is 2.61. The van der Waals surface area contributed by atoms with Crippen LogP contribution in [0.25, 0.3) is 0 Å². The first-order chi connectivity index (χ1) is 6.74. The molecular formula is C6H2F5NO2S. The van der Waals surface area contributed by atoms with E-state index >= 15 is 0 Å². The lowest BCUT2D eigenvalue weighted by atomic mass is 10.5. The van der Waals surface area contributed by atoms with E-state index in [0.717, 1.165) is 22.2 Å². The van der Waals surface area contributed by atoms with Crippen LogP contribution in [0.1, 0.15) is 10.5 Å². The van der Waals surface area contributed by atoms with Crippen LogP contribution in [0.15, 0.2) is 10.9 Å². The lowest BCUT2D eigenvalue weighted by Gasteiger charge is -2.18. The fraction of sp³-hybridized carbons (Fsp3) is 0.333. The molecule has 1 aromatic rings. The van der Waals surface area contributed by atoms with E-state index in [1.807, 2.05) is 0 Å². The lowest BCUT2D eigenvalue weighted by molar-refractivity contribution is -0.370. The van der Waals surface area contributed by atoms with Crippen molar-refractivity contribution in [3.63, 3.8) is 0 Å². The monoisotopic (exact) mass is 247 g/mol. The molecule has 15 heavy (non-hydrogen) atoms. The zero-order valence-electron chi connectivity index (χ0n) is 6.72. The summed E-state index contributed by atoms with van der Waals surface area (Å²) in [6.45, 7) is 0. The minimum atomic E-state index is -5.93. The molecule has 84 valence electrons. The number of alkyl halides is 5. The Hall–Kier alpha value is -1.25. The van der Waals surface area contributed by atoms with E-state index in [4.69, 9.17) is 0 Å². The molecule has 0 aliphatic carbocycles. The molecule has 0 fully saturated rings. The molecule has 0 aliphatic rings. The van der Waals surface area contributed by atoms with Gasteiger partial charge >= 0.3 is 18.3 Å². The van der Waals surface area contributed by atoms with E-state index in [-0.39, 0.29) is 0 Å². The highest BCUT2D eigenvalue weighted by molar-refractivity contribution is 7.07. The molecule has 0 aromatic carbocycles. The van der Waals surface area contributed by atoms with Gasteiger partial charge in [0.15, 0.2) is 5.69 Å². The third-order valence-corrected chi connectivity index (χ3v) is 1.78. The van der Waals surface area contributed by atoms with Gasteiger partial charge in [-0.2, -0.15) is 22.0 Å². The number of halogens is 5. The van der Waals surface area contributed by atoms with Crippen molar-refractivity contribution in [1.82, 2.24) is 4.98 Å². The van der Waals surface area contributed by atoms with Gasteiger partial charge in [0.2, 0.25) is 0 Å². The molecule has 0 saturated heterocycles. The van der Waals surface area contributed by atoms with Gasteiger partial charge in [-0.3, -0.25) is 0 Å². The van der Waals surface area contributed by atoms with Crippen LogP contribution in [0.3, 0.4) is 0 Å². The van der Waals surface area contributed by atoms with E-state index in [1.54, 1.807) is 0 Å². The van der Waals surface area contributed by atoms with Crippen molar-refractivity contribution < 1.29 is 31.5 Å². The molecule has 1 aromatic heterocycles. The van der Waals surface area contributed by atoms with Gasteiger partial charge in [0, 0.05) is 5.38 Å². The van der Waals surface area contributed by atoms with Crippen LogP contribution in [0.4, 0.5) is 22.0 Å². The molecule has 1 heterocycles. The zero-order valence-corrected chi connectivity index (χ0v) is 7.53. The summed E-state index contributed by atoms with van der Waals surface area (Å²) < 4.78 is 62.1. The molecule has 3 nitrogen and oxygen atoms in total. The lowest BCUT2D eigenvalue weighted by Crippen LogP contribution is -2.40. The van der Waals surface area contributed by atoms with Gasteiger partial charge in [-0.25, -0.2) is 9.78 Å². The summed E-state index contributed by atoms with van der Waals surface area (Å²) in [5.41, 5.74) is 0.506. The van der Waals surface area contributed by atoms with E-state index < -0.39 is 23.9 Å². The second-order valence-corrected chi connectivity index (χ2v) is 3.00. The van der Waals surface area contributed by atoms with Gasteiger partial charge in [0.25, 0.3) is 0 Å². The van der Waals surface area contributed by atoms with Gasteiger partial charge in [0.1, 0.15) is 0 Å². The highest BCUT2D eigenvalue weighted by atomic mass is 32.1. The summed E-state index contributed by atoms with van der Waals surface area (Å²) in [6.07, 6.45) is -11.4. The molecule has 0 unspecified atom stereocenters. The van der Waals surface area contributed by atoms with Gasteiger partial charge in [-0.05, 0) is 0 Å². The average Bonchev–Trinajstić information content (AvgIpc) is 2.51. The third-order valence-electron chi connectivity index (χ3n) is 1.19. The van der Waals surface area contributed by atoms with Gasteiger partial charge in [0.05, 0.1) is 5.51 Å². The van der Waals surface area contributed by atoms with Gasteiger partial charge < -0.3 is 4.74 Å². The molecular weight excluding hydrogens is 245 g/mol. The number of carbonyl (C=O) groups is 1. The Kier molecular flexibility index (Phi) is 2.93. The number of ether oxygens (including phenoxy) is 1. The highest BCUT2D eigenvalue weighted by Crippen LogP contribution is 2.36. The smallest absolute Gasteiger partial charge is 0.389 e. The number of rotatable bonds is 2. The molecule has 0 saturated carbocycles. The van der Waals surface area contributed by atoms with Crippen LogP contribution < -0.4 is 0 Å². The molecule has 0 N–H and O–H groups in total. The summed E-state index contributed by atoms with van der Waals surface area (Å²) in [5, 5.41) is 0.995. The summed E-state index contributed by atoms with van der Waals surface area (Å²) in [4.78, 5) is 13.9. The molecule has 0 spiro atoms. The molecule has 0 aliphatic heterocycles. The van der Waals surface area contributed by atoms with Gasteiger partial charge in [-0.1, -0.05) is 0 Å². The molecule has 9 heteroatoms. The maximum atomic E-state index is 12.2.